The molecular weight excluding hydrogens is 236 g/mol. The van der Waals surface area contributed by atoms with Crippen LogP contribution in [0.5, 0.6) is 0 Å². The Balaban J connectivity index is 2.54. The van der Waals surface area contributed by atoms with Gasteiger partial charge in [-0.25, -0.2) is 4.79 Å². The monoisotopic (exact) mass is 244 g/mol. The van der Waals surface area contributed by atoms with Gasteiger partial charge in [-0.05, 0) is 35.2 Å². The molecule has 70 valence electrons. The zero-order chi connectivity index (χ0) is 9.42. The Labute approximate surface area is 83.9 Å². The molecule has 13 heavy (non-hydrogen) atoms. The predicted molar refractivity (Wildman–Crippen MR) is 50.0 cm³/mol. The molecule has 1 aromatic heterocycles. The topological polar surface area (TPSA) is 50.4 Å². The highest BCUT2D eigenvalue weighted by Crippen LogP contribution is 2.32. The second-order valence-electron chi connectivity index (χ2n) is 3.16. The summed E-state index contributed by atoms with van der Waals surface area (Å²) in [5.41, 5.74) is 1.19. The molecule has 0 spiro atoms. The fourth-order valence-corrected chi connectivity index (χ4v) is 2.35. The van der Waals surface area contributed by atoms with Gasteiger partial charge in [0.05, 0.1) is 0 Å². The summed E-state index contributed by atoms with van der Waals surface area (Å²) in [7, 11) is 0. The number of rotatable bonds is 1. The second-order valence-corrected chi connectivity index (χ2v) is 3.88. The molecule has 3 nitrogen and oxygen atoms in total. The number of carboxylic acids is 1. The Kier molecular flexibility index (Phi) is 2.15. The Hall–Kier alpha value is -0.770. The molecule has 1 aliphatic rings. The van der Waals surface area contributed by atoms with Gasteiger partial charge in [0.25, 0.3) is 0 Å². The number of halogens is 1. The van der Waals surface area contributed by atoms with Crippen molar-refractivity contribution in [3.8, 4) is 0 Å². The summed E-state index contributed by atoms with van der Waals surface area (Å²) in [6.45, 7) is 0. The minimum atomic E-state index is -0.904. The first-order chi connectivity index (χ1) is 6.20. The van der Waals surface area contributed by atoms with Crippen molar-refractivity contribution in [1.29, 1.82) is 0 Å². The average molecular weight is 245 g/mol. The Bertz CT molecular complexity index is 354. The van der Waals surface area contributed by atoms with Crippen LogP contribution in [0, 0.1) is 0 Å². The summed E-state index contributed by atoms with van der Waals surface area (Å²) in [5, 5.41) is 8.92. The molecule has 0 saturated heterocycles. The van der Waals surface area contributed by atoms with Gasteiger partial charge in [-0.1, -0.05) is 0 Å². The number of carbonyl (C=O) groups is 1. The highest BCUT2D eigenvalue weighted by Gasteiger charge is 2.25. The maximum absolute atomic E-state index is 10.9. The van der Waals surface area contributed by atoms with Crippen molar-refractivity contribution in [3.63, 3.8) is 0 Å². The number of hydrogen-bond acceptors (Lipinski definition) is 2. The summed E-state index contributed by atoms with van der Waals surface area (Å²) in [5.74, 6) is -0.0608. The lowest BCUT2D eigenvalue weighted by Gasteiger charge is -2.08. The Morgan fingerprint density at radius 1 is 1.38 bits per heavy atom. The van der Waals surface area contributed by atoms with Crippen LogP contribution in [0.4, 0.5) is 0 Å². The highest BCUT2D eigenvalue weighted by atomic mass is 79.9. The molecule has 0 amide bonds. The molecular formula is C9H9BrO3. The number of furan rings is 1. The van der Waals surface area contributed by atoms with Crippen molar-refractivity contribution < 1.29 is 14.3 Å². The van der Waals surface area contributed by atoms with E-state index in [1.165, 1.54) is 0 Å². The minimum Gasteiger partial charge on any atom is -0.478 e. The third kappa shape index (κ3) is 1.39. The number of aryl methyl sites for hydroxylation is 1. The van der Waals surface area contributed by atoms with Crippen LogP contribution in [0.3, 0.4) is 0 Å². The summed E-state index contributed by atoms with van der Waals surface area (Å²) in [6, 6.07) is 0. The molecule has 0 aliphatic heterocycles. The van der Waals surface area contributed by atoms with E-state index in [0.717, 1.165) is 37.0 Å². The molecule has 0 bridgehead atoms. The lowest BCUT2D eigenvalue weighted by atomic mass is 9.95. The van der Waals surface area contributed by atoms with Crippen LogP contribution >= 0.6 is 15.9 Å². The van der Waals surface area contributed by atoms with Crippen molar-refractivity contribution >= 4 is 21.9 Å². The van der Waals surface area contributed by atoms with Crippen LogP contribution in [-0.2, 0) is 12.8 Å². The van der Waals surface area contributed by atoms with Crippen LogP contribution in [0.2, 0.25) is 0 Å². The van der Waals surface area contributed by atoms with Gasteiger partial charge in [-0.3, -0.25) is 0 Å². The maximum atomic E-state index is 10.9. The number of hydrogen-bond donors (Lipinski definition) is 1. The molecule has 0 radical (unpaired) electrons. The lowest BCUT2D eigenvalue weighted by Crippen LogP contribution is -2.05. The molecule has 1 heterocycles. The first-order valence-electron chi connectivity index (χ1n) is 4.23. The Morgan fingerprint density at radius 2 is 2.08 bits per heavy atom. The van der Waals surface area contributed by atoms with Crippen LogP contribution in [0.25, 0.3) is 0 Å². The molecule has 0 atom stereocenters. The molecule has 2 rings (SSSR count). The third-order valence-corrected chi connectivity index (χ3v) is 2.90. The van der Waals surface area contributed by atoms with Gasteiger partial charge in [0.1, 0.15) is 11.3 Å². The van der Waals surface area contributed by atoms with E-state index in [2.05, 4.69) is 15.9 Å². The van der Waals surface area contributed by atoms with E-state index in [1.807, 2.05) is 0 Å². The van der Waals surface area contributed by atoms with Gasteiger partial charge in [-0.15, -0.1) is 0 Å². The summed E-state index contributed by atoms with van der Waals surface area (Å²) in [4.78, 5) is 10.9. The number of aromatic carboxylic acids is 1. The summed E-state index contributed by atoms with van der Waals surface area (Å²) >= 11 is 3.13. The fraction of sp³-hybridized carbons (Fsp3) is 0.444. The highest BCUT2D eigenvalue weighted by molar-refractivity contribution is 9.10. The van der Waals surface area contributed by atoms with Crippen LogP contribution in [0.15, 0.2) is 9.09 Å². The van der Waals surface area contributed by atoms with Gasteiger partial charge in [0.15, 0.2) is 4.67 Å². The van der Waals surface area contributed by atoms with Gasteiger partial charge < -0.3 is 9.52 Å². The zero-order valence-corrected chi connectivity index (χ0v) is 8.56. The molecule has 0 fully saturated rings. The largest absolute Gasteiger partial charge is 0.478 e. The zero-order valence-electron chi connectivity index (χ0n) is 6.97. The molecule has 1 aromatic rings. The standard InChI is InChI=1S/C9H9BrO3/c10-8-7(9(11)12)5-3-1-2-4-6(5)13-8/h1-4H2,(H,11,12). The van der Waals surface area contributed by atoms with Gasteiger partial charge >= 0.3 is 5.97 Å². The first kappa shape index (κ1) is 8.81. The lowest BCUT2D eigenvalue weighted by molar-refractivity contribution is 0.0693. The van der Waals surface area contributed by atoms with Gasteiger partial charge in [-0.2, -0.15) is 0 Å². The van der Waals surface area contributed by atoms with Crippen molar-refractivity contribution in [2.75, 3.05) is 0 Å². The van der Waals surface area contributed by atoms with E-state index in [9.17, 15) is 4.79 Å². The summed E-state index contributed by atoms with van der Waals surface area (Å²) in [6.07, 6.45) is 3.83. The van der Waals surface area contributed by atoms with Crippen molar-refractivity contribution in [2.24, 2.45) is 0 Å². The molecule has 0 unspecified atom stereocenters. The average Bonchev–Trinajstić information content (AvgIpc) is 2.39. The van der Waals surface area contributed by atoms with E-state index in [-0.39, 0.29) is 0 Å². The molecule has 0 saturated carbocycles. The van der Waals surface area contributed by atoms with Gasteiger partial charge in [0.2, 0.25) is 0 Å². The smallest absolute Gasteiger partial charge is 0.340 e. The molecule has 1 aliphatic carbocycles. The van der Waals surface area contributed by atoms with E-state index < -0.39 is 5.97 Å². The predicted octanol–water partition coefficient (Wildman–Crippen LogP) is 2.62. The van der Waals surface area contributed by atoms with E-state index >= 15 is 0 Å². The SMILES string of the molecule is O=C(O)c1c(Br)oc2c1CCCC2. The Morgan fingerprint density at radius 3 is 2.77 bits per heavy atom. The van der Waals surface area contributed by atoms with E-state index in [4.69, 9.17) is 9.52 Å². The molecule has 4 heteroatoms. The van der Waals surface area contributed by atoms with E-state index in [0.29, 0.717) is 10.2 Å². The van der Waals surface area contributed by atoms with Gasteiger partial charge in [0, 0.05) is 12.0 Å². The molecule has 0 aromatic carbocycles. The van der Waals surface area contributed by atoms with Crippen LogP contribution < -0.4 is 0 Å². The summed E-state index contributed by atoms with van der Waals surface area (Å²) < 4.78 is 5.70. The maximum Gasteiger partial charge on any atom is 0.340 e. The first-order valence-corrected chi connectivity index (χ1v) is 5.03. The number of carboxylic acid groups (broad SMARTS) is 1. The quantitative estimate of drug-likeness (QED) is 0.827. The van der Waals surface area contributed by atoms with Crippen molar-refractivity contribution in [1.82, 2.24) is 0 Å². The second kappa shape index (κ2) is 3.18. The minimum absolute atomic E-state index is 0.315. The number of fused-ring (bicyclic) bond motifs is 1. The van der Waals surface area contributed by atoms with Crippen LogP contribution in [-0.4, -0.2) is 11.1 Å². The molecule has 1 N–H and O–H groups in total. The normalized spacial score (nSPS) is 15.5. The van der Waals surface area contributed by atoms with Crippen molar-refractivity contribution in [3.05, 3.63) is 21.6 Å². The van der Waals surface area contributed by atoms with Crippen molar-refractivity contribution in [2.45, 2.75) is 25.7 Å². The third-order valence-electron chi connectivity index (χ3n) is 2.34. The van der Waals surface area contributed by atoms with Crippen LogP contribution in [0.1, 0.15) is 34.5 Å². The van der Waals surface area contributed by atoms with E-state index in [1.54, 1.807) is 0 Å². The fourth-order valence-electron chi connectivity index (χ4n) is 1.75.